The maximum Gasteiger partial charge on any atom is 0.428 e. The molecule has 4 N–H and O–H groups in total. The molecule has 5 rings (SSSR count). The van der Waals surface area contributed by atoms with E-state index in [2.05, 4.69) is 20.4 Å². The van der Waals surface area contributed by atoms with Crippen molar-refractivity contribution >= 4 is 11.6 Å². The van der Waals surface area contributed by atoms with Crippen molar-refractivity contribution < 1.29 is 13.2 Å². The summed E-state index contributed by atoms with van der Waals surface area (Å²) in [7, 11) is 0. The summed E-state index contributed by atoms with van der Waals surface area (Å²) in [5.74, 6) is -2.77. The minimum absolute atomic E-state index is 0.0137. The van der Waals surface area contributed by atoms with E-state index in [-0.39, 0.29) is 18.9 Å². The molecule has 0 radical (unpaired) electrons. The molecule has 1 fully saturated rings. The molecule has 8 nitrogen and oxygen atoms in total. The van der Waals surface area contributed by atoms with E-state index in [1.54, 1.807) is 0 Å². The molecule has 0 unspecified atom stereocenters. The number of pyridine rings is 1. The first-order valence-corrected chi connectivity index (χ1v) is 10.7. The molecule has 4 heterocycles. The Morgan fingerprint density at radius 3 is 2.48 bits per heavy atom. The summed E-state index contributed by atoms with van der Waals surface area (Å²) < 4.78 is 29.9. The maximum absolute atomic E-state index is 13.7. The lowest BCUT2D eigenvalue weighted by Crippen LogP contribution is -2.45. The number of nitrogen functional groups attached to an aromatic ring is 1. The van der Waals surface area contributed by atoms with Crippen LogP contribution in [0.4, 0.5) is 14.7 Å². The molecule has 1 aliphatic rings. The van der Waals surface area contributed by atoms with Gasteiger partial charge >= 0.3 is 11.6 Å². The Hall–Kier alpha value is -3.66. The second kappa shape index (κ2) is 7.73. The molecule has 1 aliphatic heterocycles. The highest BCUT2D eigenvalue weighted by molar-refractivity contribution is 5.88. The first-order valence-electron chi connectivity index (χ1n) is 10.7. The van der Waals surface area contributed by atoms with Gasteiger partial charge in [0, 0.05) is 29.4 Å². The molecule has 1 atom stereocenters. The van der Waals surface area contributed by atoms with Crippen molar-refractivity contribution in [2.24, 2.45) is 0 Å². The van der Waals surface area contributed by atoms with Crippen LogP contribution in [-0.2, 0) is 6.54 Å². The van der Waals surface area contributed by atoms with E-state index >= 15 is 0 Å². The smallest absolute Gasteiger partial charge is 0.319 e. The molecule has 0 spiro atoms. The number of aromatic amines is 1. The number of halogens is 2. The van der Waals surface area contributed by atoms with Gasteiger partial charge in [-0.15, -0.1) is 9.38 Å². The van der Waals surface area contributed by atoms with Crippen LogP contribution in [0.5, 0.6) is 0 Å². The number of fused-ring (bicyclic) bond motifs is 1. The third-order valence-electron chi connectivity index (χ3n) is 5.83. The normalized spacial score (nSPS) is 17.6. The highest BCUT2D eigenvalue weighted by Crippen LogP contribution is 2.33. The number of alkyl halides is 2. The number of aryl methyl sites for hydroxylation is 2. The van der Waals surface area contributed by atoms with Crippen molar-refractivity contribution in [2.75, 3.05) is 12.3 Å². The van der Waals surface area contributed by atoms with E-state index < -0.39 is 24.2 Å². The zero-order chi connectivity index (χ0) is 23.3. The highest BCUT2D eigenvalue weighted by atomic mass is 19.3. The van der Waals surface area contributed by atoms with E-state index in [1.165, 1.54) is 9.08 Å². The van der Waals surface area contributed by atoms with Crippen LogP contribution < -0.4 is 21.1 Å². The summed E-state index contributed by atoms with van der Waals surface area (Å²) in [6.07, 6.45) is -0.335. The molecule has 170 valence electrons. The fourth-order valence-electron chi connectivity index (χ4n) is 4.48. The molecular formula is C23H24F2N7O+. The van der Waals surface area contributed by atoms with Gasteiger partial charge in [0.15, 0.2) is 0 Å². The van der Waals surface area contributed by atoms with Gasteiger partial charge in [0.05, 0.1) is 18.7 Å². The largest absolute Gasteiger partial charge is 0.428 e. The minimum Gasteiger partial charge on any atom is -0.319 e. The van der Waals surface area contributed by atoms with Crippen LogP contribution in [0.2, 0.25) is 0 Å². The van der Waals surface area contributed by atoms with Crippen LogP contribution in [0.3, 0.4) is 0 Å². The van der Waals surface area contributed by atoms with Crippen LogP contribution >= 0.6 is 0 Å². The minimum atomic E-state index is -2.79. The SMILES string of the molecule is Cc1cc(-c2c(-c3ccccc3)nc(N)[n+]3c(=O)n(C[C@@H]4CC(F)(F)CN4)[nH]c23)cc(C)n1. The number of nitrogens with one attached hydrogen (secondary N) is 2. The summed E-state index contributed by atoms with van der Waals surface area (Å²) in [5.41, 5.74) is 10.8. The second-order valence-corrected chi connectivity index (χ2v) is 8.53. The van der Waals surface area contributed by atoms with Crippen molar-refractivity contribution in [3.05, 3.63) is 64.3 Å². The average Bonchev–Trinajstić information content (AvgIpc) is 3.27. The Morgan fingerprint density at radius 2 is 1.85 bits per heavy atom. The maximum atomic E-state index is 13.7. The number of rotatable bonds is 4. The first kappa shape index (κ1) is 21.2. The van der Waals surface area contributed by atoms with Gasteiger partial charge < -0.3 is 11.1 Å². The van der Waals surface area contributed by atoms with Gasteiger partial charge in [0.2, 0.25) is 5.65 Å². The number of hydrogen-bond acceptors (Lipinski definition) is 5. The molecular weight excluding hydrogens is 428 g/mol. The van der Waals surface area contributed by atoms with E-state index in [9.17, 15) is 13.6 Å². The van der Waals surface area contributed by atoms with Crippen molar-refractivity contribution in [1.82, 2.24) is 25.1 Å². The molecule has 10 heteroatoms. The predicted octanol–water partition coefficient (Wildman–Crippen LogP) is 2.24. The summed E-state index contributed by atoms with van der Waals surface area (Å²) in [4.78, 5) is 22.3. The Balaban J connectivity index is 1.75. The summed E-state index contributed by atoms with van der Waals surface area (Å²) in [6, 6.07) is 12.8. The monoisotopic (exact) mass is 452 g/mol. The lowest BCUT2D eigenvalue weighted by Gasteiger charge is -2.10. The van der Waals surface area contributed by atoms with E-state index in [0.717, 1.165) is 22.5 Å². The third-order valence-corrected chi connectivity index (χ3v) is 5.83. The molecule has 3 aromatic heterocycles. The lowest BCUT2D eigenvalue weighted by molar-refractivity contribution is -0.516. The fourth-order valence-corrected chi connectivity index (χ4v) is 4.48. The molecule has 0 amide bonds. The molecule has 1 aromatic carbocycles. The number of nitrogens with zero attached hydrogens (tertiary/aromatic N) is 4. The number of nitrogens with two attached hydrogens (primary N) is 1. The van der Waals surface area contributed by atoms with Gasteiger partial charge in [-0.3, -0.25) is 4.98 Å². The lowest BCUT2D eigenvalue weighted by atomic mass is 9.99. The predicted molar refractivity (Wildman–Crippen MR) is 120 cm³/mol. The summed E-state index contributed by atoms with van der Waals surface area (Å²) in [5, 5.41) is 5.90. The van der Waals surface area contributed by atoms with Crippen molar-refractivity contribution in [3.8, 4) is 22.4 Å². The van der Waals surface area contributed by atoms with Crippen molar-refractivity contribution in [3.63, 3.8) is 0 Å². The summed E-state index contributed by atoms with van der Waals surface area (Å²) >= 11 is 0. The molecule has 0 saturated carbocycles. The summed E-state index contributed by atoms with van der Waals surface area (Å²) in [6.45, 7) is 3.45. The van der Waals surface area contributed by atoms with Crippen molar-refractivity contribution in [2.45, 2.75) is 38.8 Å². The topological polar surface area (TPSA) is 106 Å². The van der Waals surface area contributed by atoms with Crippen LogP contribution in [0.25, 0.3) is 28.0 Å². The number of anilines is 1. The van der Waals surface area contributed by atoms with Gasteiger partial charge in [0.1, 0.15) is 5.69 Å². The Kier molecular flexibility index (Phi) is 4.97. The van der Waals surface area contributed by atoms with Crippen LogP contribution in [-0.4, -0.2) is 38.3 Å². The van der Waals surface area contributed by atoms with E-state index in [0.29, 0.717) is 16.9 Å². The number of H-pyrrole nitrogens is 1. The Labute approximate surface area is 188 Å². The number of benzene rings is 1. The van der Waals surface area contributed by atoms with Gasteiger partial charge in [-0.05, 0) is 31.5 Å². The molecule has 33 heavy (non-hydrogen) atoms. The quantitative estimate of drug-likeness (QED) is 0.412. The van der Waals surface area contributed by atoms with Gasteiger partial charge in [-0.1, -0.05) is 30.3 Å². The second-order valence-electron chi connectivity index (χ2n) is 8.53. The van der Waals surface area contributed by atoms with Gasteiger partial charge in [0.25, 0.3) is 5.92 Å². The van der Waals surface area contributed by atoms with E-state index in [4.69, 9.17) is 5.73 Å². The van der Waals surface area contributed by atoms with Crippen LogP contribution in [0, 0.1) is 13.8 Å². The Morgan fingerprint density at radius 1 is 1.15 bits per heavy atom. The number of aromatic nitrogens is 5. The molecule has 4 aromatic rings. The van der Waals surface area contributed by atoms with Crippen LogP contribution in [0.1, 0.15) is 17.8 Å². The standard InChI is InChI=1S/C23H23F2N7O/c1-13-8-16(9-14(2)28-13)18-19(15-6-4-3-5-7-15)29-21(26)32-20(18)30-31(22(32)33)11-17-10-23(24,25)12-27-17/h3-9,17,27H,10-12H2,1-2H3,(H2,26,28,29,30)/p+1/t17-/m0/s1. The zero-order valence-electron chi connectivity index (χ0n) is 18.3. The van der Waals surface area contributed by atoms with Crippen molar-refractivity contribution in [1.29, 1.82) is 0 Å². The number of hydrogen-bond donors (Lipinski definition) is 3. The zero-order valence-corrected chi connectivity index (χ0v) is 18.3. The molecule has 1 saturated heterocycles. The molecule has 0 aliphatic carbocycles. The third kappa shape index (κ3) is 3.86. The average molecular weight is 452 g/mol. The highest BCUT2D eigenvalue weighted by Gasteiger charge is 2.40. The fraction of sp³-hybridized carbons (Fsp3) is 0.304. The van der Waals surface area contributed by atoms with Gasteiger partial charge in [-0.2, -0.15) is 4.68 Å². The Bertz CT molecular complexity index is 1390. The van der Waals surface area contributed by atoms with E-state index in [1.807, 2.05) is 56.3 Å². The molecule has 0 bridgehead atoms. The van der Waals surface area contributed by atoms with Crippen LogP contribution in [0.15, 0.2) is 47.3 Å². The van der Waals surface area contributed by atoms with Gasteiger partial charge in [-0.25, -0.2) is 18.7 Å². The first-order chi connectivity index (χ1) is 15.7.